The second-order valence-corrected chi connectivity index (χ2v) is 6.43. The monoisotopic (exact) mass is 274 g/mol. The standard InChI is InChI=1S/C11H15ClN2O2S/c12-9-3-1-2-4-11(9)17(15,16)14-7-10(13)8-5-6-8/h1-4,8,10,14H,5-7,13H2. The molecule has 17 heavy (non-hydrogen) atoms. The fraction of sp³-hybridized carbons (Fsp3) is 0.455. The topological polar surface area (TPSA) is 72.2 Å². The van der Waals surface area contributed by atoms with E-state index >= 15 is 0 Å². The molecule has 0 radical (unpaired) electrons. The number of benzene rings is 1. The van der Waals surface area contributed by atoms with E-state index in [0.29, 0.717) is 5.92 Å². The van der Waals surface area contributed by atoms with Gasteiger partial charge in [-0.1, -0.05) is 23.7 Å². The highest BCUT2D eigenvalue weighted by Gasteiger charge is 2.29. The predicted molar refractivity (Wildman–Crippen MR) is 67.3 cm³/mol. The summed E-state index contributed by atoms with van der Waals surface area (Å²) in [6, 6.07) is 6.26. The molecule has 0 spiro atoms. The van der Waals surface area contributed by atoms with Gasteiger partial charge in [-0.15, -0.1) is 0 Å². The van der Waals surface area contributed by atoms with E-state index in [9.17, 15) is 8.42 Å². The first-order chi connectivity index (χ1) is 8.00. The van der Waals surface area contributed by atoms with Crippen molar-refractivity contribution in [2.45, 2.75) is 23.8 Å². The molecule has 94 valence electrons. The van der Waals surface area contributed by atoms with Crippen molar-refractivity contribution in [2.24, 2.45) is 11.7 Å². The number of hydrogen-bond acceptors (Lipinski definition) is 3. The van der Waals surface area contributed by atoms with Gasteiger partial charge < -0.3 is 5.73 Å². The van der Waals surface area contributed by atoms with Crippen LogP contribution < -0.4 is 10.5 Å². The Morgan fingerprint density at radius 3 is 2.65 bits per heavy atom. The Bertz CT molecular complexity index is 500. The van der Waals surface area contributed by atoms with E-state index in [1.54, 1.807) is 18.2 Å². The van der Waals surface area contributed by atoms with Crippen molar-refractivity contribution in [2.75, 3.05) is 6.54 Å². The fourth-order valence-corrected chi connectivity index (χ4v) is 3.23. The van der Waals surface area contributed by atoms with Gasteiger partial charge in [0.05, 0.1) is 5.02 Å². The highest BCUT2D eigenvalue weighted by atomic mass is 35.5. The maximum absolute atomic E-state index is 11.9. The first kappa shape index (κ1) is 12.8. The van der Waals surface area contributed by atoms with Gasteiger partial charge >= 0.3 is 0 Å². The molecule has 1 aromatic rings. The van der Waals surface area contributed by atoms with Crippen LogP contribution in [0.25, 0.3) is 0 Å². The van der Waals surface area contributed by atoms with Crippen molar-refractivity contribution in [1.82, 2.24) is 4.72 Å². The van der Waals surface area contributed by atoms with E-state index in [2.05, 4.69) is 4.72 Å². The molecule has 0 amide bonds. The van der Waals surface area contributed by atoms with Gasteiger partial charge in [0.1, 0.15) is 4.90 Å². The molecule has 1 unspecified atom stereocenters. The summed E-state index contributed by atoms with van der Waals surface area (Å²) < 4.78 is 26.4. The molecule has 2 rings (SSSR count). The Morgan fingerprint density at radius 1 is 1.41 bits per heavy atom. The zero-order chi connectivity index (χ0) is 12.5. The Balaban J connectivity index is 2.05. The van der Waals surface area contributed by atoms with Gasteiger partial charge in [-0.25, -0.2) is 13.1 Å². The first-order valence-corrected chi connectivity index (χ1v) is 7.36. The van der Waals surface area contributed by atoms with Gasteiger partial charge in [0.2, 0.25) is 10.0 Å². The Morgan fingerprint density at radius 2 is 2.06 bits per heavy atom. The van der Waals surface area contributed by atoms with Gasteiger partial charge in [-0.05, 0) is 30.9 Å². The number of nitrogens with two attached hydrogens (primary N) is 1. The molecule has 1 aliphatic carbocycles. The first-order valence-electron chi connectivity index (χ1n) is 5.50. The van der Waals surface area contributed by atoms with Gasteiger partial charge in [-0.3, -0.25) is 0 Å². The second-order valence-electron chi connectivity index (χ2n) is 4.28. The highest BCUT2D eigenvalue weighted by molar-refractivity contribution is 7.89. The molecule has 0 aromatic heterocycles. The Labute approximate surface area is 106 Å². The molecular weight excluding hydrogens is 260 g/mol. The predicted octanol–water partition coefficient (Wildman–Crippen LogP) is 1.36. The lowest BCUT2D eigenvalue weighted by molar-refractivity contribution is 0.548. The largest absolute Gasteiger partial charge is 0.326 e. The smallest absolute Gasteiger partial charge is 0.242 e. The van der Waals surface area contributed by atoms with Crippen LogP contribution in [-0.4, -0.2) is 21.0 Å². The minimum atomic E-state index is -3.55. The van der Waals surface area contributed by atoms with Crippen LogP contribution in [0.5, 0.6) is 0 Å². The maximum atomic E-state index is 11.9. The number of halogens is 1. The van der Waals surface area contributed by atoms with Crippen molar-refractivity contribution in [3.63, 3.8) is 0 Å². The SMILES string of the molecule is NC(CNS(=O)(=O)c1ccccc1Cl)C1CC1. The average Bonchev–Trinajstić information content (AvgIpc) is 3.10. The Kier molecular flexibility index (Phi) is 3.73. The molecule has 0 heterocycles. The summed E-state index contributed by atoms with van der Waals surface area (Å²) in [4.78, 5) is 0.102. The van der Waals surface area contributed by atoms with Crippen molar-refractivity contribution in [1.29, 1.82) is 0 Å². The number of nitrogens with one attached hydrogen (secondary N) is 1. The molecular formula is C11H15ClN2O2S. The molecule has 1 aromatic carbocycles. The second kappa shape index (κ2) is 4.94. The summed E-state index contributed by atoms with van der Waals surface area (Å²) in [5.41, 5.74) is 5.84. The summed E-state index contributed by atoms with van der Waals surface area (Å²) in [7, 11) is -3.55. The summed E-state index contributed by atoms with van der Waals surface area (Å²) >= 11 is 5.85. The minimum Gasteiger partial charge on any atom is -0.326 e. The molecule has 3 N–H and O–H groups in total. The van der Waals surface area contributed by atoms with Crippen molar-refractivity contribution >= 4 is 21.6 Å². The van der Waals surface area contributed by atoms with E-state index in [-0.39, 0.29) is 22.5 Å². The van der Waals surface area contributed by atoms with E-state index in [1.807, 2.05) is 0 Å². The molecule has 1 fully saturated rings. The normalized spacial score (nSPS) is 18.0. The molecule has 1 saturated carbocycles. The lowest BCUT2D eigenvalue weighted by atomic mass is 10.2. The molecule has 4 nitrogen and oxygen atoms in total. The van der Waals surface area contributed by atoms with Crippen LogP contribution in [-0.2, 0) is 10.0 Å². The molecule has 0 bridgehead atoms. The third kappa shape index (κ3) is 3.19. The van der Waals surface area contributed by atoms with Crippen LogP contribution in [0.3, 0.4) is 0 Å². The van der Waals surface area contributed by atoms with Crippen LogP contribution in [0.4, 0.5) is 0 Å². The number of rotatable bonds is 5. The molecule has 6 heteroatoms. The van der Waals surface area contributed by atoms with Crippen LogP contribution >= 0.6 is 11.6 Å². The lowest BCUT2D eigenvalue weighted by Crippen LogP contribution is -2.38. The summed E-state index contributed by atoms with van der Waals surface area (Å²) in [5.74, 6) is 0.462. The zero-order valence-corrected chi connectivity index (χ0v) is 10.8. The van der Waals surface area contributed by atoms with Crippen LogP contribution in [0.15, 0.2) is 29.2 Å². The molecule has 1 atom stereocenters. The lowest BCUT2D eigenvalue weighted by Gasteiger charge is -2.12. The minimum absolute atomic E-state index is 0.102. The average molecular weight is 275 g/mol. The van der Waals surface area contributed by atoms with Crippen molar-refractivity contribution < 1.29 is 8.42 Å². The third-order valence-corrected chi connectivity index (χ3v) is 4.79. The maximum Gasteiger partial charge on any atom is 0.242 e. The number of hydrogen-bond donors (Lipinski definition) is 2. The summed E-state index contributed by atoms with van der Waals surface area (Å²) in [6.45, 7) is 0.262. The van der Waals surface area contributed by atoms with Crippen LogP contribution in [0, 0.1) is 5.92 Å². The van der Waals surface area contributed by atoms with Gasteiger partial charge in [0, 0.05) is 12.6 Å². The van der Waals surface area contributed by atoms with E-state index in [4.69, 9.17) is 17.3 Å². The van der Waals surface area contributed by atoms with Crippen LogP contribution in [0.2, 0.25) is 5.02 Å². The fourth-order valence-electron chi connectivity index (χ4n) is 1.64. The summed E-state index contributed by atoms with van der Waals surface area (Å²) in [6.07, 6.45) is 2.18. The van der Waals surface area contributed by atoms with Gasteiger partial charge in [0.15, 0.2) is 0 Å². The number of sulfonamides is 1. The Hall–Kier alpha value is -0.620. The van der Waals surface area contributed by atoms with Crippen molar-refractivity contribution in [3.05, 3.63) is 29.3 Å². The van der Waals surface area contributed by atoms with Crippen LogP contribution in [0.1, 0.15) is 12.8 Å². The summed E-state index contributed by atoms with van der Waals surface area (Å²) in [5, 5.41) is 0.222. The quantitative estimate of drug-likeness (QED) is 0.851. The van der Waals surface area contributed by atoms with E-state index in [0.717, 1.165) is 12.8 Å². The van der Waals surface area contributed by atoms with Gasteiger partial charge in [-0.2, -0.15) is 0 Å². The van der Waals surface area contributed by atoms with E-state index in [1.165, 1.54) is 6.07 Å². The zero-order valence-electron chi connectivity index (χ0n) is 9.27. The van der Waals surface area contributed by atoms with Gasteiger partial charge in [0.25, 0.3) is 0 Å². The third-order valence-electron chi connectivity index (χ3n) is 2.86. The molecule has 1 aliphatic rings. The van der Waals surface area contributed by atoms with Crippen molar-refractivity contribution in [3.8, 4) is 0 Å². The van der Waals surface area contributed by atoms with E-state index < -0.39 is 10.0 Å². The molecule has 0 aliphatic heterocycles. The highest BCUT2D eigenvalue weighted by Crippen LogP contribution is 2.31. The molecule has 0 saturated heterocycles.